The first kappa shape index (κ1) is 21.6. The van der Waals surface area contributed by atoms with Crippen molar-refractivity contribution >= 4 is 17.4 Å². The van der Waals surface area contributed by atoms with Gasteiger partial charge in [-0.3, -0.25) is 10.1 Å². The Labute approximate surface area is 198 Å². The molecule has 0 spiro atoms. The number of nitrogens with zero attached hydrogens (tertiary/aromatic N) is 4. The van der Waals surface area contributed by atoms with Crippen LogP contribution in [0.2, 0.25) is 0 Å². The molecule has 2 aromatic heterocycles. The fraction of sp³-hybridized carbons (Fsp3) is 0.0800. The van der Waals surface area contributed by atoms with Crippen molar-refractivity contribution in [3.05, 3.63) is 101 Å². The summed E-state index contributed by atoms with van der Waals surface area (Å²) >= 11 is 1.37. The van der Waals surface area contributed by atoms with Gasteiger partial charge in [0, 0.05) is 28.8 Å². The van der Waals surface area contributed by atoms with E-state index >= 15 is 0 Å². The minimum absolute atomic E-state index is 0.000235. The second-order valence-corrected chi connectivity index (χ2v) is 8.69. The Morgan fingerprint density at radius 3 is 2.12 bits per heavy atom. The fourth-order valence-corrected chi connectivity index (χ4v) is 4.14. The van der Waals surface area contributed by atoms with E-state index in [1.165, 1.54) is 23.9 Å². The van der Waals surface area contributed by atoms with Crippen LogP contribution >= 0.6 is 11.8 Å². The molecule has 0 saturated heterocycles. The van der Waals surface area contributed by atoms with E-state index in [-0.39, 0.29) is 10.9 Å². The summed E-state index contributed by atoms with van der Waals surface area (Å²) in [7, 11) is 0. The highest BCUT2D eigenvalue weighted by Crippen LogP contribution is 2.40. The van der Waals surface area contributed by atoms with Crippen LogP contribution in [0.1, 0.15) is 18.1 Å². The first-order valence-corrected chi connectivity index (χ1v) is 11.3. The topological polar surface area (TPSA) is 108 Å². The molecule has 5 aromatic rings. The van der Waals surface area contributed by atoms with Crippen LogP contribution in [0.3, 0.4) is 0 Å². The van der Waals surface area contributed by atoms with Gasteiger partial charge in [0.1, 0.15) is 5.69 Å². The molecule has 2 heterocycles. The van der Waals surface area contributed by atoms with Gasteiger partial charge >= 0.3 is 0 Å². The maximum Gasteiger partial charge on any atom is 0.269 e. The average Bonchev–Trinajstić information content (AvgIpc) is 3.53. The van der Waals surface area contributed by atoms with E-state index in [9.17, 15) is 10.1 Å². The van der Waals surface area contributed by atoms with Crippen LogP contribution < -0.4 is 0 Å². The highest BCUT2D eigenvalue weighted by molar-refractivity contribution is 7.99. The van der Waals surface area contributed by atoms with Gasteiger partial charge in [-0.25, -0.2) is 4.98 Å². The lowest BCUT2D eigenvalue weighted by Crippen LogP contribution is -1.88. The van der Waals surface area contributed by atoms with Gasteiger partial charge in [-0.1, -0.05) is 72.4 Å². The summed E-state index contributed by atoms with van der Waals surface area (Å²) in [4.78, 5) is 15.2. The Kier molecular flexibility index (Phi) is 5.92. The molecular formula is C25H18N4O4S. The van der Waals surface area contributed by atoms with Crippen molar-refractivity contribution in [3.8, 4) is 34.0 Å². The summed E-state index contributed by atoms with van der Waals surface area (Å²) in [6, 6.07) is 25.7. The van der Waals surface area contributed by atoms with Crippen LogP contribution in [-0.4, -0.2) is 20.1 Å². The van der Waals surface area contributed by atoms with Crippen LogP contribution in [0.25, 0.3) is 34.0 Å². The molecule has 1 unspecified atom stereocenters. The molecule has 0 aliphatic rings. The van der Waals surface area contributed by atoms with E-state index < -0.39 is 4.92 Å². The van der Waals surface area contributed by atoms with Crippen LogP contribution in [0.15, 0.2) is 99.0 Å². The molecule has 0 bridgehead atoms. The molecule has 34 heavy (non-hydrogen) atoms. The molecule has 0 aliphatic carbocycles. The van der Waals surface area contributed by atoms with Gasteiger partial charge in [-0.15, -0.1) is 10.2 Å². The number of oxazole rings is 1. The largest absolute Gasteiger partial charge is 0.431 e. The monoisotopic (exact) mass is 470 g/mol. The summed E-state index contributed by atoms with van der Waals surface area (Å²) < 4.78 is 12.0. The molecular weight excluding hydrogens is 452 g/mol. The predicted molar refractivity (Wildman–Crippen MR) is 128 cm³/mol. The quantitative estimate of drug-likeness (QED) is 0.145. The van der Waals surface area contributed by atoms with E-state index in [0.29, 0.717) is 28.3 Å². The van der Waals surface area contributed by atoms with Crippen LogP contribution in [0.4, 0.5) is 5.69 Å². The third-order valence-electron chi connectivity index (χ3n) is 5.08. The standard InChI is InChI=1S/C25H18N4O4S/c1-16(23-27-28-24(33-23)19-12-14-20(15-13-19)29(30)31)34-25-26-21(17-8-4-2-5-9-17)22(32-25)18-10-6-3-7-11-18/h2-16H,1H3. The van der Waals surface area contributed by atoms with Crippen molar-refractivity contribution in [1.29, 1.82) is 0 Å². The SMILES string of the molecule is CC(Sc1nc(-c2ccccc2)c(-c2ccccc2)o1)c1nnc(-c2ccc([N+](=O)[O-])cc2)o1. The van der Waals surface area contributed by atoms with Gasteiger partial charge in [-0.2, -0.15) is 0 Å². The van der Waals surface area contributed by atoms with Crippen molar-refractivity contribution in [2.75, 3.05) is 0 Å². The summed E-state index contributed by atoms with van der Waals surface area (Å²) in [5.74, 6) is 1.39. The van der Waals surface area contributed by atoms with Gasteiger partial charge in [0.2, 0.25) is 11.8 Å². The first-order valence-electron chi connectivity index (χ1n) is 10.4. The second kappa shape index (κ2) is 9.32. The molecule has 1 atom stereocenters. The van der Waals surface area contributed by atoms with E-state index in [0.717, 1.165) is 16.8 Å². The van der Waals surface area contributed by atoms with E-state index in [1.807, 2.05) is 67.6 Å². The molecule has 0 aliphatic heterocycles. The van der Waals surface area contributed by atoms with E-state index in [2.05, 4.69) is 10.2 Å². The fourth-order valence-electron chi connectivity index (χ4n) is 3.37. The minimum atomic E-state index is -0.453. The van der Waals surface area contributed by atoms with Gasteiger partial charge in [-0.05, 0) is 19.1 Å². The number of aromatic nitrogens is 3. The van der Waals surface area contributed by atoms with Crippen LogP contribution in [0.5, 0.6) is 0 Å². The van der Waals surface area contributed by atoms with Gasteiger partial charge < -0.3 is 8.83 Å². The smallest absolute Gasteiger partial charge is 0.269 e. The number of hydrogen-bond acceptors (Lipinski definition) is 8. The summed E-state index contributed by atoms with van der Waals surface area (Å²) in [6.07, 6.45) is 0. The Morgan fingerprint density at radius 1 is 0.824 bits per heavy atom. The lowest BCUT2D eigenvalue weighted by Gasteiger charge is -2.02. The second-order valence-electron chi connectivity index (χ2n) is 7.40. The van der Waals surface area contributed by atoms with Crippen molar-refractivity contribution in [2.24, 2.45) is 0 Å². The Hall–Kier alpha value is -4.24. The number of nitro benzene ring substituents is 1. The lowest BCUT2D eigenvalue weighted by atomic mass is 10.1. The van der Waals surface area contributed by atoms with Gasteiger partial charge in [0.25, 0.3) is 10.9 Å². The van der Waals surface area contributed by atoms with E-state index in [1.54, 1.807) is 12.1 Å². The molecule has 3 aromatic carbocycles. The average molecular weight is 471 g/mol. The van der Waals surface area contributed by atoms with Crippen molar-refractivity contribution in [1.82, 2.24) is 15.2 Å². The van der Waals surface area contributed by atoms with Crippen molar-refractivity contribution in [2.45, 2.75) is 17.4 Å². The molecule has 8 nitrogen and oxygen atoms in total. The number of nitro groups is 1. The molecule has 0 amide bonds. The minimum Gasteiger partial charge on any atom is -0.431 e. The molecule has 168 valence electrons. The zero-order valence-electron chi connectivity index (χ0n) is 18.0. The number of hydrogen-bond donors (Lipinski definition) is 0. The molecule has 0 radical (unpaired) electrons. The maximum atomic E-state index is 10.9. The Balaban J connectivity index is 1.40. The zero-order valence-corrected chi connectivity index (χ0v) is 18.8. The highest BCUT2D eigenvalue weighted by Gasteiger charge is 2.22. The van der Waals surface area contributed by atoms with Crippen LogP contribution in [0, 0.1) is 10.1 Å². The number of thioether (sulfide) groups is 1. The van der Waals surface area contributed by atoms with Crippen molar-refractivity contribution < 1.29 is 13.8 Å². The maximum absolute atomic E-state index is 10.9. The molecule has 0 fully saturated rings. The molecule has 9 heteroatoms. The third kappa shape index (κ3) is 4.46. The lowest BCUT2D eigenvalue weighted by molar-refractivity contribution is -0.384. The predicted octanol–water partition coefficient (Wildman–Crippen LogP) is 6.82. The van der Waals surface area contributed by atoms with Gasteiger partial charge in [0.05, 0.1) is 10.2 Å². The first-order chi connectivity index (χ1) is 16.6. The highest BCUT2D eigenvalue weighted by atomic mass is 32.2. The summed E-state index contributed by atoms with van der Waals surface area (Å²) in [5.41, 5.74) is 3.27. The molecule has 0 saturated carbocycles. The van der Waals surface area contributed by atoms with Crippen molar-refractivity contribution in [3.63, 3.8) is 0 Å². The number of rotatable bonds is 7. The zero-order chi connectivity index (χ0) is 23.5. The van der Waals surface area contributed by atoms with E-state index in [4.69, 9.17) is 13.8 Å². The van der Waals surface area contributed by atoms with Crippen LogP contribution in [-0.2, 0) is 0 Å². The number of benzene rings is 3. The Morgan fingerprint density at radius 2 is 1.47 bits per heavy atom. The number of non-ortho nitro benzene ring substituents is 1. The third-order valence-corrected chi connectivity index (χ3v) is 6.01. The normalized spacial score (nSPS) is 11.9. The molecule has 0 N–H and O–H groups in total. The summed E-state index contributed by atoms with van der Waals surface area (Å²) in [5, 5.41) is 19.4. The summed E-state index contributed by atoms with van der Waals surface area (Å²) in [6.45, 7) is 1.92. The molecule has 5 rings (SSSR count). The van der Waals surface area contributed by atoms with Gasteiger partial charge in [0.15, 0.2) is 5.76 Å². The Bertz CT molecular complexity index is 1360.